The number of benzene rings is 2. The number of aromatic nitrogens is 3. The molecule has 0 aliphatic carbocycles. The van der Waals surface area contributed by atoms with Gasteiger partial charge in [-0.2, -0.15) is 10.2 Å². The molecule has 30 heavy (non-hydrogen) atoms. The first-order valence-electron chi connectivity index (χ1n) is 8.80. The zero-order valence-electron chi connectivity index (χ0n) is 15.4. The molecule has 3 N–H and O–H groups in total. The fourth-order valence-corrected chi connectivity index (χ4v) is 3.01. The highest BCUT2D eigenvalue weighted by Crippen LogP contribution is 2.25. The molecule has 11 heteroatoms. The molecule has 1 aliphatic rings. The molecule has 0 bridgehead atoms. The van der Waals surface area contributed by atoms with Crippen LogP contribution in [-0.4, -0.2) is 38.3 Å². The Morgan fingerprint density at radius 1 is 1.13 bits per heavy atom. The Labute approximate surface area is 168 Å². The molecule has 0 fully saturated rings. The second kappa shape index (κ2) is 7.70. The van der Waals surface area contributed by atoms with Gasteiger partial charge in [-0.25, -0.2) is 18.4 Å². The summed E-state index contributed by atoms with van der Waals surface area (Å²) in [6.07, 6.45) is 2.57. The summed E-state index contributed by atoms with van der Waals surface area (Å²) in [6.45, 7) is 0. The van der Waals surface area contributed by atoms with Gasteiger partial charge in [-0.05, 0) is 42.5 Å². The summed E-state index contributed by atoms with van der Waals surface area (Å²) < 4.78 is 28.8. The third-order valence-electron chi connectivity index (χ3n) is 4.46. The third kappa shape index (κ3) is 3.72. The van der Waals surface area contributed by atoms with Gasteiger partial charge < -0.3 is 11.1 Å². The number of anilines is 2. The predicted octanol–water partition coefficient (Wildman–Crippen LogP) is 1.60. The summed E-state index contributed by atoms with van der Waals surface area (Å²) in [4.78, 5) is 28.2. The highest BCUT2D eigenvalue weighted by atomic mass is 19.1. The Balaban J connectivity index is 1.54. The Bertz CT molecular complexity index is 1130. The monoisotopic (exact) mass is 411 g/mol. The first-order valence-corrected chi connectivity index (χ1v) is 8.80. The number of primary amides is 1. The van der Waals surface area contributed by atoms with Crippen molar-refractivity contribution in [2.24, 2.45) is 10.8 Å². The van der Waals surface area contributed by atoms with Crippen molar-refractivity contribution in [3.8, 4) is 5.69 Å². The second-order valence-corrected chi connectivity index (χ2v) is 6.45. The van der Waals surface area contributed by atoms with E-state index in [1.807, 2.05) is 0 Å². The molecule has 2 aromatic carbocycles. The molecule has 2 amide bonds. The van der Waals surface area contributed by atoms with Gasteiger partial charge in [0.25, 0.3) is 5.91 Å². The fourth-order valence-electron chi connectivity index (χ4n) is 3.01. The van der Waals surface area contributed by atoms with Crippen molar-refractivity contribution >= 4 is 28.9 Å². The number of nitrogens with two attached hydrogens (primary N) is 1. The molecular weight excluding hydrogens is 396 g/mol. The normalized spacial score (nSPS) is 15.7. The van der Waals surface area contributed by atoms with E-state index < -0.39 is 29.5 Å². The number of nitrogens with zero attached hydrogens (tertiary/aromatic N) is 5. The van der Waals surface area contributed by atoms with Crippen molar-refractivity contribution in [1.29, 1.82) is 0 Å². The third-order valence-corrected chi connectivity index (χ3v) is 4.46. The van der Waals surface area contributed by atoms with Gasteiger partial charge in [0.2, 0.25) is 5.91 Å². The Morgan fingerprint density at radius 3 is 2.53 bits per heavy atom. The van der Waals surface area contributed by atoms with Crippen LogP contribution in [0.4, 0.5) is 20.2 Å². The standard InChI is InChI=1S/C19H15F2N7O2/c20-11-1-4-13(5-2-11)28-17(18(22)29)8-15(26-28)19(30)25-12-3-6-16(14(21)7-12)27-10-23-9-24-27/h1-7,9-10,17H,8H2,(H2,22,29)(H,25,30). The van der Waals surface area contributed by atoms with Crippen molar-refractivity contribution in [3.63, 3.8) is 0 Å². The molecule has 1 atom stereocenters. The maximum atomic E-state index is 14.4. The van der Waals surface area contributed by atoms with Gasteiger partial charge in [-0.15, -0.1) is 0 Å². The van der Waals surface area contributed by atoms with Crippen LogP contribution in [0.2, 0.25) is 0 Å². The van der Waals surface area contributed by atoms with Crippen molar-refractivity contribution < 1.29 is 18.4 Å². The number of hydrazone groups is 1. The Kier molecular flexibility index (Phi) is 4.92. The molecule has 0 spiro atoms. The van der Waals surface area contributed by atoms with Gasteiger partial charge in [-0.3, -0.25) is 14.6 Å². The molecule has 1 aromatic heterocycles. The summed E-state index contributed by atoms with van der Waals surface area (Å²) in [6, 6.07) is 8.43. The van der Waals surface area contributed by atoms with Crippen LogP contribution in [0.25, 0.3) is 5.69 Å². The van der Waals surface area contributed by atoms with E-state index >= 15 is 0 Å². The van der Waals surface area contributed by atoms with Crippen LogP contribution in [0.5, 0.6) is 0 Å². The molecular formula is C19H15F2N7O2. The van der Waals surface area contributed by atoms with Crippen LogP contribution in [0.15, 0.2) is 60.2 Å². The van der Waals surface area contributed by atoms with Crippen LogP contribution in [-0.2, 0) is 9.59 Å². The zero-order chi connectivity index (χ0) is 21.3. The minimum absolute atomic E-state index is 0.0314. The first-order chi connectivity index (χ1) is 14.4. The van der Waals surface area contributed by atoms with Crippen molar-refractivity contribution in [3.05, 3.63) is 66.8 Å². The van der Waals surface area contributed by atoms with Crippen molar-refractivity contribution in [2.75, 3.05) is 10.3 Å². The van der Waals surface area contributed by atoms with Gasteiger partial charge in [0.1, 0.15) is 35.9 Å². The number of hydrogen-bond donors (Lipinski definition) is 2. The summed E-state index contributed by atoms with van der Waals surface area (Å²) in [5.74, 6) is -2.37. The number of amides is 2. The lowest BCUT2D eigenvalue weighted by Crippen LogP contribution is -2.39. The Hall–Kier alpha value is -4.15. The lowest BCUT2D eigenvalue weighted by atomic mass is 10.1. The van der Waals surface area contributed by atoms with Gasteiger partial charge >= 0.3 is 0 Å². The smallest absolute Gasteiger partial charge is 0.271 e. The highest BCUT2D eigenvalue weighted by Gasteiger charge is 2.35. The summed E-state index contributed by atoms with van der Waals surface area (Å²) in [5, 5.41) is 11.8. The van der Waals surface area contributed by atoms with E-state index in [1.54, 1.807) is 0 Å². The maximum Gasteiger partial charge on any atom is 0.271 e. The molecule has 0 saturated carbocycles. The fraction of sp³-hybridized carbons (Fsp3) is 0.105. The average molecular weight is 411 g/mol. The number of halogens is 2. The van der Waals surface area contributed by atoms with E-state index in [-0.39, 0.29) is 23.5 Å². The number of carbonyl (C=O) groups is 2. The van der Waals surface area contributed by atoms with Crippen LogP contribution in [0.3, 0.4) is 0 Å². The van der Waals surface area contributed by atoms with E-state index in [0.29, 0.717) is 5.69 Å². The molecule has 0 saturated heterocycles. The molecule has 9 nitrogen and oxygen atoms in total. The molecule has 152 valence electrons. The van der Waals surface area contributed by atoms with Gasteiger partial charge in [0, 0.05) is 12.1 Å². The quantitative estimate of drug-likeness (QED) is 0.661. The molecule has 1 unspecified atom stereocenters. The maximum absolute atomic E-state index is 14.4. The summed E-state index contributed by atoms with van der Waals surface area (Å²) >= 11 is 0. The molecule has 4 rings (SSSR count). The van der Waals surface area contributed by atoms with E-state index in [4.69, 9.17) is 5.73 Å². The SMILES string of the molecule is NC(=O)C1CC(C(=O)Nc2ccc(-n3cncn3)c(F)c2)=NN1c1ccc(F)cc1. The van der Waals surface area contributed by atoms with Gasteiger partial charge in [0.05, 0.1) is 5.69 Å². The van der Waals surface area contributed by atoms with Crippen LogP contribution < -0.4 is 16.1 Å². The van der Waals surface area contributed by atoms with Gasteiger partial charge in [-0.1, -0.05) is 0 Å². The minimum atomic E-state index is -0.900. The second-order valence-electron chi connectivity index (χ2n) is 6.45. The van der Waals surface area contributed by atoms with E-state index in [0.717, 1.165) is 6.07 Å². The predicted molar refractivity (Wildman–Crippen MR) is 104 cm³/mol. The highest BCUT2D eigenvalue weighted by molar-refractivity contribution is 6.44. The number of nitrogens with one attached hydrogen (secondary N) is 1. The molecule has 2 heterocycles. The molecule has 0 radical (unpaired) electrons. The number of carbonyl (C=O) groups excluding carboxylic acids is 2. The van der Waals surface area contributed by atoms with Crippen molar-refractivity contribution in [1.82, 2.24) is 14.8 Å². The van der Waals surface area contributed by atoms with Crippen molar-refractivity contribution in [2.45, 2.75) is 12.5 Å². The Morgan fingerprint density at radius 2 is 1.90 bits per heavy atom. The zero-order valence-corrected chi connectivity index (χ0v) is 15.4. The van der Waals surface area contributed by atoms with Crippen LogP contribution >= 0.6 is 0 Å². The van der Waals surface area contributed by atoms with E-state index in [1.165, 1.54) is 58.7 Å². The van der Waals surface area contributed by atoms with Gasteiger partial charge in [0.15, 0.2) is 5.82 Å². The van der Waals surface area contributed by atoms with Crippen LogP contribution in [0.1, 0.15) is 6.42 Å². The largest absolute Gasteiger partial charge is 0.368 e. The molecule has 1 aliphatic heterocycles. The topological polar surface area (TPSA) is 118 Å². The number of rotatable bonds is 5. The summed E-state index contributed by atoms with van der Waals surface area (Å²) in [7, 11) is 0. The average Bonchev–Trinajstić information content (AvgIpc) is 3.39. The lowest BCUT2D eigenvalue weighted by Gasteiger charge is -2.20. The van der Waals surface area contributed by atoms with Crippen LogP contribution in [0, 0.1) is 11.6 Å². The van der Waals surface area contributed by atoms with E-state index in [2.05, 4.69) is 20.5 Å². The first kappa shape index (κ1) is 19.2. The van der Waals surface area contributed by atoms with E-state index in [9.17, 15) is 18.4 Å². The minimum Gasteiger partial charge on any atom is -0.368 e. The summed E-state index contributed by atoms with van der Waals surface area (Å²) in [5.41, 5.74) is 6.23. The lowest BCUT2D eigenvalue weighted by molar-refractivity contribution is -0.119. The molecule has 3 aromatic rings. The number of hydrogen-bond acceptors (Lipinski definition) is 6.